The maximum absolute atomic E-state index is 14.6. The molecule has 0 bridgehead atoms. The highest BCUT2D eigenvalue weighted by Crippen LogP contribution is 2.50. The van der Waals surface area contributed by atoms with Gasteiger partial charge in [0, 0.05) is 46.1 Å². The third-order valence-electron chi connectivity index (χ3n) is 13.3. The number of nitrogens with zero attached hydrogens (tertiary/aromatic N) is 2. The van der Waals surface area contributed by atoms with Gasteiger partial charge in [-0.1, -0.05) is 160 Å². The topological polar surface area (TPSA) is 74.8 Å². The van der Waals surface area contributed by atoms with E-state index in [2.05, 4.69) is 104 Å². The fourth-order valence-corrected chi connectivity index (χ4v) is 10.3. The Bertz CT molecular complexity index is 3350. The number of imide groups is 2. The summed E-state index contributed by atoms with van der Waals surface area (Å²) in [6.45, 7) is 4.81. The number of rotatable bonds is 11. The minimum absolute atomic E-state index is 0.280. The van der Waals surface area contributed by atoms with Crippen LogP contribution in [0.1, 0.15) is 103 Å². The molecule has 4 amide bonds. The molecule has 0 unspecified atom stereocenters. The molecular weight excluding hydrogens is 789 g/mol. The molecule has 0 spiro atoms. The normalized spacial score (nSPS) is 13.6. The predicted octanol–water partition coefficient (Wildman–Crippen LogP) is 13.2. The Balaban J connectivity index is 1.20. The fraction of sp³-hybridized carbons (Fsp3) is 0.138. The quantitative estimate of drug-likeness (QED) is 0.0563. The van der Waals surface area contributed by atoms with Crippen LogP contribution >= 0.6 is 0 Å². The molecular formula is C58H44N2O4. The Labute approximate surface area is 371 Å². The minimum Gasteiger partial charge on any atom is -0.274 e. The van der Waals surface area contributed by atoms with Gasteiger partial charge in [-0.3, -0.25) is 29.0 Å². The van der Waals surface area contributed by atoms with E-state index in [1.807, 2.05) is 67.6 Å². The van der Waals surface area contributed by atoms with Crippen molar-refractivity contribution in [1.29, 1.82) is 0 Å². The molecule has 6 heteroatoms. The van der Waals surface area contributed by atoms with Crippen molar-refractivity contribution in [3.05, 3.63) is 202 Å². The highest BCUT2D eigenvalue weighted by Gasteiger charge is 2.37. The van der Waals surface area contributed by atoms with Crippen molar-refractivity contribution in [3.8, 4) is 11.1 Å². The van der Waals surface area contributed by atoms with Crippen molar-refractivity contribution in [2.45, 2.75) is 39.5 Å². The van der Waals surface area contributed by atoms with Gasteiger partial charge in [0.2, 0.25) is 0 Å². The van der Waals surface area contributed by atoms with Crippen LogP contribution in [0.4, 0.5) is 0 Å². The van der Waals surface area contributed by atoms with E-state index in [1.165, 1.54) is 9.80 Å². The highest BCUT2D eigenvalue weighted by molar-refractivity contribution is 6.43. The molecule has 0 atom stereocenters. The van der Waals surface area contributed by atoms with Crippen molar-refractivity contribution >= 4 is 77.9 Å². The van der Waals surface area contributed by atoms with Crippen molar-refractivity contribution in [1.82, 2.24) is 9.80 Å². The molecule has 11 rings (SSSR count). The lowest BCUT2D eigenvalue weighted by Crippen LogP contribution is -2.41. The monoisotopic (exact) mass is 832 g/mol. The first-order valence-electron chi connectivity index (χ1n) is 22.4. The van der Waals surface area contributed by atoms with E-state index < -0.39 is 0 Å². The fourth-order valence-electron chi connectivity index (χ4n) is 10.3. The lowest BCUT2D eigenvalue weighted by Gasteiger charge is -2.31. The van der Waals surface area contributed by atoms with Crippen LogP contribution in [0.2, 0.25) is 0 Å². The molecule has 2 aliphatic heterocycles. The molecule has 0 saturated carbocycles. The number of benzene rings is 9. The molecule has 0 fully saturated rings. The van der Waals surface area contributed by atoms with E-state index in [-0.39, 0.29) is 23.6 Å². The second kappa shape index (κ2) is 15.6. The van der Waals surface area contributed by atoms with Gasteiger partial charge in [0.1, 0.15) is 0 Å². The van der Waals surface area contributed by atoms with Crippen molar-refractivity contribution in [2.75, 3.05) is 13.1 Å². The van der Waals surface area contributed by atoms with E-state index >= 15 is 0 Å². The summed E-state index contributed by atoms with van der Waals surface area (Å²) >= 11 is 0. The van der Waals surface area contributed by atoms with Crippen LogP contribution in [0, 0.1) is 0 Å². The molecule has 0 radical (unpaired) electrons. The summed E-state index contributed by atoms with van der Waals surface area (Å²) < 4.78 is 0. The number of carbonyl (C=O) groups excluding carboxylic acids is 4. The first-order valence-corrected chi connectivity index (χ1v) is 22.4. The molecule has 6 nitrogen and oxygen atoms in total. The molecule has 310 valence electrons. The Morgan fingerprint density at radius 1 is 0.359 bits per heavy atom. The molecule has 2 heterocycles. The zero-order valence-electron chi connectivity index (χ0n) is 35.8. The van der Waals surface area contributed by atoms with Gasteiger partial charge < -0.3 is 0 Å². The molecule has 0 saturated heterocycles. The SMILES string of the molecule is CCCCN1C(=O)c2ccc3c4ccc5c6c(cc(-c7ccc(C(=C(c8ccccc8)c8ccccc8)c8ccccc8)cc7)c(c7ccc(c2c37)C1=O)c64)C(=O)N(CCCC)C5=O. The highest BCUT2D eigenvalue weighted by atomic mass is 16.2. The summed E-state index contributed by atoms with van der Waals surface area (Å²) in [6.07, 6.45) is 3.14. The molecule has 9 aromatic carbocycles. The van der Waals surface area contributed by atoms with Gasteiger partial charge in [0.15, 0.2) is 0 Å². The Morgan fingerprint density at radius 3 is 1.20 bits per heavy atom. The number of hydrogen-bond acceptors (Lipinski definition) is 4. The Kier molecular flexibility index (Phi) is 9.54. The van der Waals surface area contributed by atoms with Gasteiger partial charge in [0.25, 0.3) is 23.6 Å². The predicted molar refractivity (Wildman–Crippen MR) is 258 cm³/mol. The average molecular weight is 833 g/mol. The lowest BCUT2D eigenvalue weighted by atomic mass is 9.79. The van der Waals surface area contributed by atoms with Crippen molar-refractivity contribution in [3.63, 3.8) is 0 Å². The van der Waals surface area contributed by atoms with Gasteiger partial charge in [-0.2, -0.15) is 0 Å². The Hall–Kier alpha value is -7.70. The van der Waals surface area contributed by atoms with Gasteiger partial charge in [-0.05, 0) is 114 Å². The van der Waals surface area contributed by atoms with Crippen molar-refractivity contribution in [2.24, 2.45) is 0 Å². The lowest BCUT2D eigenvalue weighted by molar-refractivity contribution is 0.0593. The first kappa shape index (κ1) is 39.2. The number of amides is 4. The molecule has 64 heavy (non-hydrogen) atoms. The maximum Gasteiger partial charge on any atom is 0.261 e. The van der Waals surface area contributed by atoms with Gasteiger partial charge in [0.05, 0.1) is 0 Å². The van der Waals surface area contributed by atoms with Crippen LogP contribution in [0.5, 0.6) is 0 Å². The average Bonchev–Trinajstić information content (AvgIpc) is 3.34. The Morgan fingerprint density at radius 2 is 0.750 bits per heavy atom. The van der Waals surface area contributed by atoms with Crippen LogP contribution in [-0.4, -0.2) is 46.5 Å². The molecule has 0 N–H and O–H groups in total. The summed E-state index contributed by atoms with van der Waals surface area (Å²) in [5, 5.41) is 6.45. The maximum atomic E-state index is 14.6. The van der Waals surface area contributed by atoms with Crippen LogP contribution in [-0.2, 0) is 0 Å². The van der Waals surface area contributed by atoms with Crippen LogP contribution in [0.3, 0.4) is 0 Å². The van der Waals surface area contributed by atoms with Gasteiger partial charge in [-0.25, -0.2) is 0 Å². The van der Waals surface area contributed by atoms with Crippen LogP contribution in [0.15, 0.2) is 158 Å². The largest absolute Gasteiger partial charge is 0.274 e. The number of carbonyl (C=O) groups is 4. The number of fused-ring (bicyclic) bond motifs is 2. The summed E-state index contributed by atoms with van der Waals surface area (Å²) in [7, 11) is 0. The van der Waals surface area contributed by atoms with E-state index in [0.717, 1.165) is 96.1 Å². The van der Waals surface area contributed by atoms with Gasteiger partial charge in [-0.15, -0.1) is 0 Å². The van der Waals surface area contributed by atoms with E-state index in [1.54, 1.807) is 0 Å². The number of hydrogen-bond donors (Lipinski definition) is 0. The van der Waals surface area contributed by atoms with Gasteiger partial charge >= 0.3 is 0 Å². The molecule has 0 aromatic heterocycles. The summed E-state index contributed by atoms with van der Waals surface area (Å²) in [5.74, 6) is -1.14. The summed E-state index contributed by atoms with van der Waals surface area (Å²) in [6, 6.07) is 53.5. The summed E-state index contributed by atoms with van der Waals surface area (Å²) in [4.78, 5) is 59.9. The van der Waals surface area contributed by atoms with E-state index in [9.17, 15) is 19.2 Å². The molecule has 0 aliphatic carbocycles. The molecule has 9 aromatic rings. The standard InChI is InChI=1S/C58H44N2O4/c1-3-5-32-59-55(61)43-29-26-40-41-27-30-45-53-47(58(64)60(57(45)63)33-6-4-2)34-46(51(54(41)53)42-28-31-44(56(59)62)52(43)50(40)42)35-22-24-39(25-23-35)49(38-20-14-9-15-21-38)48(36-16-10-7-11-17-36)37-18-12-8-13-19-37/h7-31,34H,3-6,32-33H2,1-2H3. The zero-order chi connectivity index (χ0) is 43.6. The second-order valence-electron chi connectivity index (χ2n) is 17.0. The summed E-state index contributed by atoms with van der Waals surface area (Å²) in [5.41, 5.74) is 10.3. The van der Waals surface area contributed by atoms with E-state index in [4.69, 9.17) is 0 Å². The minimum atomic E-state index is -0.295. The van der Waals surface area contributed by atoms with Crippen LogP contribution in [0.25, 0.3) is 65.4 Å². The number of unbranched alkanes of at least 4 members (excludes halogenated alkanes) is 2. The van der Waals surface area contributed by atoms with Crippen LogP contribution < -0.4 is 0 Å². The zero-order valence-corrected chi connectivity index (χ0v) is 35.8. The third-order valence-corrected chi connectivity index (χ3v) is 13.3. The van der Waals surface area contributed by atoms with E-state index in [0.29, 0.717) is 52.5 Å². The van der Waals surface area contributed by atoms with Crippen molar-refractivity contribution < 1.29 is 19.2 Å². The molecule has 2 aliphatic rings. The first-order chi connectivity index (χ1) is 31.4. The third kappa shape index (κ3) is 5.93. The second-order valence-corrected chi connectivity index (χ2v) is 17.0. The smallest absolute Gasteiger partial charge is 0.261 e.